The van der Waals surface area contributed by atoms with Crippen molar-refractivity contribution in [3.8, 4) is 0 Å². The number of hydrogen-bond acceptors (Lipinski definition) is 1. The lowest BCUT2D eigenvalue weighted by molar-refractivity contribution is 0.454. The van der Waals surface area contributed by atoms with Crippen LogP contribution in [0.1, 0.15) is 43.7 Å². The standard InChI is InChI=1S/C20H27N/c1-16(2)20(19-12-8-5-9-13-19)15-21-14-17(3)18-10-6-4-7-11-18/h4-13,16-17,20-21H,14-15H2,1-3H3. The predicted molar refractivity (Wildman–Crippen MR) is 91.7 cm³/mol. The molecule has 2 atom stereocenters. The van der Waals surface area contributed by atoms with Crippen molar-refractivity contribution in [2.45, 2.75) is 32.6 Å². The summed E-state index contributed by atoms with van der Waals surface area (Å²) in [5, 5.41) is 3.66. The maximum absolute atomic E-state index is 3.66. The van der Waals surface area contributed by atoms with Gasteiger partial charge >= 0.3 is 0 Å². The van der Waals surface area contributed by atoms with E-state index in [1.165, 1.54) is 11.1 Å². The Balaban J connectivity index is 1.88. The molecule has 0 amide bonds. The molecule has 112 valence electrons. The maximum Gasteiger partial charge on any atom is 0.00228 e. The highest BCUT2D eigenvalue weighted by Gasteiger charge is 2.15. The van der Waals surface area contributed by atoms with E-state index in [1.54, 1.807) is 0 Å². The van der Waals surface area contributed by atoms with Gasteiger partial charge in [-0.1, -0.05) is 81.4 Å². The third-order valence-electron chi connectivity index (χ3n) is 4.22. The molecule has 2 aromatic rings. The largest absolute Gasteiger partial charge is 0.316 e. The second-order valence-corrected chi connectivity index (χ2v) is 6.23. The molecule has 0 fully saturated rings. The summed E-state index contributed by atoms with van der Waals surface area (Å²) in [5.41, 5.74) is 2.85. The molecule has 0 aliphatic rings. The maximum atomic E-state index is 3.66. The molecule has 21 heavy (non-hydrogen) atoms. The fourth-order valence-corrected chi connectivity index (χ4v) is 2.79. The summed E-state index contributed by atoms with van der Waals surface area (Å²) in [6, 6.07) is 21.6. The van der Waals surface area contributed by atoms with Crippen LogP contribution in [0, 0.1) is 5.92 Å². The van der Waals surface area contributed by atoms with Crippen LogP contribution in [0.25, 0.3) is 0 Å². The normalized spacial score (nSPS) is 14.1. The first-order valence-corrected chi connectivity index (χ1v) is 7.99. The summed E-state index contributed by atoms with van der Waals surface area (Å²) < 4.78 is 0. The Morgan fingerprint density at radius 2 is 1.24 bits per heavy atom. The van der Waals surface area contributed by atoms with Gasteiger partial charge in [-0.25, -0.2) is 0 Å². The molecule has 2 unspecified atom stereocenters. The first-order chi connectivity index (χ1) is 10.2. The van der Waals surface area contributed by atoms with Gasteiger partial charge in [0.1, 0.15) is 0 Å². The van der Waals surface area contributed by atoms with Crippen LogP contribution in [-0.4, -0.2) is 13.1 Å². The molecule has 1 N–H and O–H groups in total. The third-order valence-corrected chi connectivity index (χ3v) is 4.22. The van der Waals surface area contributed by atoms with Crippen molar-refractivity contribution >= 4 is 0 Å². The van der Waals surface area contributed by atoms with Crippen LogP contribution in [0.3, 0.4) is 0 Å². The number of nitrogens with one attached hydrogen (secondary N) is 1. The molecule has 0 aromatic heterocycles. The second-order valence-electron chi connectivity index (χ2n) is 6.23. The molecule has 1 nitrogen and oxygen atoms in total. The average molecular weight is 281 g/mol. The zero-order chi connectivity index (χ0) is 15.1. The highest BCUT2D eigenvalue weighted by atomic mass is 14.9. The van der Waals surface area contributed by atoms with Crippen molar-refractivity contribution in [3.63, 3.8) is 0 Å². The summed E-state index contributed by atoms with van der Waals surface area (Å²) in [7, 11) is 0. The fraction of sp³-hybridized carbons (Fsp3) is 0.400. The Bertz CT molecular complexity index is 504. The SMILES string of the molecule is CC(CNCC(c1ccccc1)C(C)C)c1ccccc1. The molecule has 2 aromatic carbocycles. The van der Waals surface area contributed by atoms with Gasteiger partial charge in [0.2, 0.25) is 0 Å². The van der Waals surface area contributed by atoms with Gasteiger partial charge in [-0.2, -0.15) is 0 Å². The van der Waals surface area contributed by atoms with E-state index in [0.717, 1.165) is 13.1 Å². The van der Waals surface area contributed by atoms with E-state index in [9.17, 15) is 0 Å². The van der Waals surface area contributed by atoms with Crippen molar-refractivity contribution in [2.75, 3.05) is 13.1 Å². The lowest BCUT2D eigenvalue weighted by Crippen LogP contribution is -2.28. The molecule has 0 aliphatic heterocycles. The monoisotopic (exact) mass is 281 g/mol. The molecule has 0 saturated carbocycles. The number of hydrogen-bond donors (Lipinski definition) is 1. The molecular formula is C20H27N. The lowest BCUT2D eigenvalue weighted by Gasteiger charge is -2.23. The minimum absolute atomic E-state index is 0.551. The molecule has 0 bridgehead atoms. The minimum atomic E-state index is 0.551. The molecule has 0 heterocycles. The van der Waals surface area contributed by atoms with E-state index in [2.05, 4.69) is 86.8 Å². The summed E-state index contributed by atoms with van der Waals surface area (Å²) in [5.74, 6) is 1.77. The van der Waals surface area contributed by atoms with Crippen LogP contribution in [0.5, 0.6) is 0 Å². The highest BCUT2D eigenvalue weighted by Crippen LogP contribution is 2.23. The number of rotatable bonds is 7. The highest BCUT2D eigenvalue weighted by molar-refractivity contribution is 5.21. The molecule has 2 rings (SSSR count). The van der Waals surface area contributed by atoms with Gasteiger partial charge in [0.15, 0.2) is 0 Å². The van der Waals surface area contributed by atoms with Gasteiger partial charge in [-0.3, -0.25) is 0 Å². The Morgan fingerprint density at radius 3 is 1.76 bits per heavy atom. The van der Waals surface area contributed by atoms with Gasteiger partial charge in [0, 0.05) is 13.1 Å². The van der Waals surface area contributed by atoms with Crippen molar-refractivity contribution in [3.05, 3.63) is 71.8 Å². The quantitative estimate of drug-likeness (QED) is 0.767. The summed E-state index contributed by atoms with van der Waals surface area (Å²) >= 11 is 0. The second kappa shape index (κ2) is 7.99. The van der Waals surface area contributed by atoms with Gasteiger partial charge in [-0.05, 0) is 28.9 Å². The zero-order valence-electron chi connectivity index (χ0n) is 13.4. The Labute approximate surface area is 129 Å². The minimum Gasteiger partial charge on any atom is -0.316 e. The Kier molecular flexibility index (Phi) is 6.01. The molecular weight excluding hydrogens is 254 g/mol. The first kappa shape index (κ1) is 15.8. The Morgan fingerprint density at radius 1 is 0.714 bits per heavy atom. The van der Waals surface area contributed by atoms with E-state index >= 15 is 0 Å². The zero-order valence-corrected chi connectivity index (χ0v) is 13.4. The van der Waals surface area contributed by atoms with Crippen LogP contribution in [0.4, 0.5) is 0 Å². The lowest BCUT2D eigenvalue weighted by atomic mass is 9.88. The Hall–Kier alpha value is -1.60. The van der Waals surface area contributed by atoms with Crippen molar-refractivity contribution in [1.29, 1.82) is 0 Å². The average Bonchev–Trinajstić information content (AvgIpc) is 2.52. The van der Waals surface area contributed by atoms with Crippen LogP contribution < -0.4 is 5.32 Å². The molecule has 0 spiro atoms. The van der Waals surface area contributed by atoms with Gasteiger partial charge in [0.25, 0.3) is 0 Å². The van der Waals surface area contributed by atoms with Crippen molar-refractivity contribution < 1.29 is 0 Å². The topological polar surface area (TPSA) is 12.0 Å². The molecule has 1 heteroatoms. The van der Waals surface area contributed by atoms with Crippen molar-refractivity contribution in [1.82, 2.24) is 5.32 Å². The summed E-state index contributed by atoms with van der Waals surface area (Å²) in [6.45, 7) is 8.97. The number of benzene rings is 2. The van der Waals surface area contributed by atoms with Crippen LogP contribution in [0.15, 0.2) is 60.7 Å². The third kappa shape index (κ3) is 4.71. The fourth-order valence-electron chi connectivity index (χ4n) is 2.79. The smallest absolute Gasteiger partial charge is 0.00228 e. The van der Waals surface area contributed by atoms with Crippen molar-refractivity contribution in [2.24, 2.45) is 5.92 Å². The van der Waals surface area contributed by atoms with Crippen LogP contribution in [-0.2, 0) is 0 Å². The van der Waals surface area contributed by atoms with E-state index in [-0.39, 0.29) is 0 Å². The molecule has 0 saturated heterocycles. The van der Waals surface area contributed by atoms with E-state index in [0.29, 0.717) is 17.8 Å². The van der Waals surface area contributed by atoms with Gasteiger partial charge in [-0.15, -0.1) is 0 Å². The molecule has 0 aliphatic carbocycles. The van der Waals surface area contributed by atoms with Gasteiger partial charge < -0.3 is 5.32 Å². The van der Waals surface area contributed by atoms with Crippen LogP contribution in [0.2, 0.25) is 0 Å². The first-order valence-electron chi connectivity index (χ1n) is 7.99. The van der Waals surface area contributed by atoms with E-state index in [4.69, 9.17) is 0 Å². The van der Waals surface area contributed by atoms with E-state index < -0.39 is 0 Å². The van der Waals surface area contributed by atoms with Gasteiger partial charge in [0.05, 0.1) is 0 Å². The summed E-state index contributed by atoms with van der Waals surface area (Å²) in [6.07, 6.45) is 0. The van der Waals surface area contributed by atoms with E-state index in [1.807, 2.05) is 0 Å². The summed E-state index contributed by atoms with van der Waals surface area (Å²) in [4.78, 5) is 0. The predicted octanol–water partition coefficient (Wildman–Crippen LogP) is 4.82. The molecule has 0 radical (unpaired) electrons. The van der Waals surface area contributed by atoms with Crippen LogP contribution >= 0.6 is 0 Å².